The summed E-state index contributed by atoms with van der Waals surface area (Å²) in [4.78, 5) is 6.25. The van der Waals surface area contributed by atoms with E-state index in [4.69, 9.17) is 0 Å². The van der Waals surface area contributed by atoms with Gasteiger partial charge in [-0.15, -0.1) is 0 Å². The fourth-order valence-corrected chi connectivity index (χ4v) is 1.73. The Hall–Kier alpha value is -0.930. The molecule has 0 bridgehead atoms. The minimum Gasteiger partial charge on any atom is -0.313 e. The van der Waals surface area contributed by atoms with Crippen molar-refractivity contribution in [3.63, 3.8) is 0 Å². The topological polar surface area (TPSA) is 28.2 Å². The van der Waals surface area contributed by atoms with Crippen molar-refractivity contribution in [1.82, 2.24) is 15.2 Å². The van der Waals surface area contributed by atoms with Gasteiger partial charge in [-0.05, 0) is 44.8 Å². The van der Waals surface area contributed by atoms with Crippen LogP contribution in [0.1, 0.15) is 12.5 Å². The van der Waals surface area contributed by atoms with Crippen molar-refractivity contribution in [2.24, 2.45) is 0 Å². The third kappa shape index (κ3) is 4.91. The van der Waals surface area contributed by atoms with Crippen LogP contribution in [0.3, 0.4) is 0 Å². The monoisotopic (exact) mass is 207 g/mol. The van der Waals surface area contributed by atoms with Crippen LogP contribution >= 0.6 is 0 Å². The van der Waals surface area contributed by atoms with E-state index in [1.165, 1.54) is 5.56 Å². The molecule has 84 valence electrons. The van der Waals surface area contributed by atoms with Crippen molar-refractivity contribution in [2.75, 3.05) is 27.2 Å². The van der Waals surface area contributed by atoms with Crippen LogP contribution in [0.5, 0.6) is 0 Å². The van der Waals surface area contributed by atoms with Crippen molar-refractivity contribution < 1.29 is 0 Å². The maximum atomic E-state index is 4.03. The van der Waals surface area contributed by atoms with E-state index in [9.17, 15) is 0 Å². The van der Waals surface area contributed by atoms with Gasteiger partial charge in [-0.1, -0.05) is 6.92 Å². The van der Waals surface area contributed by atoms with E-state index in [0.29, 0.717) is 6.04 Å². The van der Waals surface area contributed by atoms with E-state index in [1.54, 1.807) is 0 Å². The second-order valence-corrected chi connectivity index (χ2v) is 4.08. The highest BCUT2D eigenvalue weighted by Gasteiger charge is 2.08. The molecular formula is C12H21N3. The molecule has 0 saturated carbocycles. The summed E-state index contributed by atoms with van der Waals surface area (Å²) in [6.45, 7) is 4.23. The molecule has 0 amide bonds. The van der Waals surface area contributed by atoms with Gasteiger partial charge in [0.2, 0.25) is 0 Å². The Kier molecular flexibility index (Phi) is 5.29. The molecule has 0 radical (unpaired) electrons. The van der Waals surface area contributed by atoms with Gasteiger partial charge < -0.3 is 10.2 Å². The van der Waals surface area contributed by atoms with E-state index < -0.39 is 0 Å². The number of hydrogen-bond donors (Lipinski definition) is 1. The molecule has 15 heavy (non-hydrogen) atoms. The molecule has 0 spiro atoms. The number of nitrogens with zero attached hydrogens (tertiary/aromatic N) is 2. The normalized spacial score (nSPS) is 13.1. The molecule has 1 aromatic rings. The zero-order valence-electron chi connectivity index (χ0n) is 9.90. The third-order valence-corrected chi connectivity index (χ3v) is 2.31. The van der Waals surface area contributed by atoms with Gasteiger partial charge in [-0.2, -0.15) is 0 Å². The van der Waals surface area contributed by atoms with Gasteiger partial charge in [-0.25, -0.2) is 0 Å². The molecule has 1 rings (SSSR count). The zero-order chi connectivity index (χ0) is 11.1. The van der Waals surface area contributed by atoms with Crippen molar-refractivity contribution in [2.45, 2.75) is 19.4 Å². The van der Waals surface area contributed by atoms with Crippen molar-refractivity contribution in [3.8, 4) is 0 Å². The number of rotatable bonds is 6. The van der Waals surface area contributed by atoms with Crippen LogP contribution < -0.4 is 5.32 Å². The summed E-state index contributed by atoms with van der Waals surface area (Å²) < 4.78 is 0. The highest BCUT2D eigenvalue weighted by molar-refractivity contribution is 5.11. The largest absolute Gasteiger partial charge is 0.313 e. The van der Waals surface area contributed by atoms with Gasteiger partial charge in [0.05, 0.1) is 0 Å². The van der Waals surface area contributed by atoms with E-state index in [-0.39, 0.29) is 0 Å². The van der Waals surface area contributed by atoms with E-state index in [1.807, 2.05) is 12.4 Å². The van der Waals surface area contributed by atoms with Crippen molar-refractivity contribution in [1.29, 1.82) is 0 Å². The minimum absolute atomic E-state index is 0.521. The molecule has 1 aromatic heterocycles. The first-order valence-corrected chi connectivity index (χ1v) is 5.49. The standard InChI is InChI=1S/C12H21N3/c1-4-14-12(10-15(2)3)9-11-5-7-13-8-6-11/h5-8,12,14H,4,9-10H2,1-3H3. The van der Waals surface area contributed by atoms with E-state index in [2.05, 4.69) is 48.4 Å². The molecule has 0 saturated heterocycles. The Morgan fingerprint density at radius 1 is 1.33 bits per heavy atom. The Bertz CT molecular complexity index is 259. The van der Waals surface area contributed by atoms with Crippen LogP contribution in [0.25, 0.3) is 0 Å². The van der Waals surface area contributed by atoms with Crippen LogP contribution in [0.15, 0.2) is 24.5 Å². The summed E-state index contributed by atoms with van der Waals surface area (Å²) in [7, 11) is 4.22. The average molecular weight is 207 g/mol. The quantitative estimate of drug-likeness (QED) is 0.759. The summed E-state index contributed by atoms with van der Waals surface area (Å²) in [6, 6.07) is 4.69. The van der Waals surface area contributed by atoms with Gasteiger partial charge in [0.25, 0.3) is 0 Å². The minimum atomic E-state index is 0.521. The molecule has 0 aromatic carbocycles. The number of likely N-dealkylation sites (N-methyl/N-ethyl adjacent to an activating group) is 2. The molecule has 0 aliphatic rings. The molecule has 1 atom stereocenters. The van der Waals surface area contributed by atoms with Crippen molar-refractivity contribution >= 4 is 0 Å². The Morgan fingerprint density at radius 3 is 2.53 bits per heavy atom. The number of nitrogens with one attached hydrogen (secondary N) is 1. The Labute approximate surface area is 92.5 Å². The maximum absolute atomic E-state index is 4.03. The lowest BCUT2D eigenvalue weighted by Crippen LogP contribution is -2.39. The van der Waals surface area contributed by atoms with Crippen molar-refractivity contribution in [3.05, 3.63) is 30.1 Å². The molecule has 1 heterocycles. The lowest BCUT2D eigenvalue weighted by molar-refractivity contribution is 0.339. The van der Waals surface area contributed by atoms with Gasteiger partial charge in [0, 0.05) is 25.0 Å². The average Bonchev–Trinajstić information content (AvgIpc) is 2.18. The van der Waals surface area contributed by atoms with Crippen LogP contribution in [0.4, 0.5) is 0 Å². The van der Waals surface area contributed by atoms with Gasteiger partial charge >= 0.3 is 0 Å². The maximum Gasteiger partial charge on any atom is 0.0270 e. The molecule has 0 aliphatic heterocycles. The Balaban J connectivity index is 2.50. The zero-order valence-corrected chi connectivity index (χ0v) is 9.90. The summed E-state index contributed by atoms with van der Waals surface area (Å²) in [5.74, 6) is 0. The van der Waals surface area contributed by atoms with Crippen LogP contribution in [-0.2, 0) is 6.42 Å². The number of hydrogen-bond acceptors (Lipinski definition) is 3. The van der Waals surface area contributed by atoms with Crippen LogP contribution in [-0.4, -0.2) is 43.1 Å². The summed E-state index contributed by atoms with van der Waals surface area (Å²) >= 11 is 0. The van der Waals surface area contributed by atoms with E-state index >= 15 is 0 Å². The first-order chi connectivity index (χ1) is 7.22. The predicted octanol–water partition coefficient (Wildman–Crippen LogP) is 1.16. The molecule has 3 nitrogen and oxygen atoms in total. The van der Waals surface area contributed by atoms with E-state index in [0.717, 1.165) is 19.5 Å². The number of aromatic nitrogens is 1. The van der Waals surface area contributed by atoms with Gasteiger partial charge in [0.15, 0.2) is 0 Å². The second kappa shape index (κ2) is 6.53. The molecule has 3 heteroatoms. The first kappa shape index (κ1) is 12.1. The second-order valence-electron chi connectivity index (χ2n) is 4.08. The molecular weight excluding hydrogens is 186 g/mol. The van der Waals surface area contributed by atoms with Crippen LogP contribution in [0, 0.1) is 0 Å². The first-order valence-electron chi connectivity index (χ1n) is 5.49. The van der Waals surface area contributed by atoms with Crippen LogP contribution in [0.2, 0.25) is 0 Å². The summed E-state index contributed by atoms with van der Waals surface area (Å²) in [6.07, 6.45) is 4.77. The predicted molar refractivity (Wildman–Crippen MR) is 64.0 cm³/mol. The molecule has 0 fully saturated rings. The number of pyridine rings is 1. The molecule has 1 N–H and O–H groups in total. The highest BCUT2D eigenvalue weighted by atomic mass is 15.1. The lowest BCUT2D eigenvalue weighted by atomic mass is 10.1. The summed E-state index contributed by atoms with van der Waals surface area (Å²) in [5.41, 5.74) is 1.35. The lowest BCUT2D eigenvalue weighted by Gasteiger charge is -2.21. The highest BCUT2D eigenvalue weighted by Crippen LogP contribution is 2.02. The molecule has 1 unspecified atom stereocenters. The third-order valence-electron chi connectivity index (χ3n) is 2.31. The molecule has 0 aliphatic carbocycles. The fourth-order valence-electron chi connectivity index (χ4n) is 1.73. The van der Waals surface area contributed by atoms with Gasteiger partial charge in [0.1, 0.15) is 0 Å². The Morgan fingerprint density at radius 2 is 2.00 bits per heavy atom. The summed E-state index contributed by atoms with van der Waals surface area (Å²) in [5, 5.41) is 3.50. The van der Waals surface area contributed by atoms with Gasteiger partial charge in [-0.3, -0.25) is 4.98 Å². The smallest absolute Gasteiger partial charge is 0.0270 e. The fraction of sp³-hybridized carbons (Fsp3) is 0.583. The SMILES string of the molecule is CCNC(Cc1ccncc1)CN(C)C.